The molecule has 9 nitrogen and oxygen atoms in total. The zero-order chi connectivity index (χ0) is 28.6. The highest BCUT2D eigenvalue weighted by molar-refractivity contribution is 7.92. The maximum absolute atomic E-state index is 15.2. The van der Waals surface area contributed by atoms with Crippen molar-refractivity contribution in [2.45, 2.75) is 42.4 Å². The fourth-order valence-electron chi connectivity index (χ4n) is 5.73. The number of aromatic nitrogens is 3. The number of nitrogens with zero attached hydrogens (tertiary/aromatic N) is 5. The van der Waals surface area contributed by atoms with Crippen LogP contribution in [0.2, 0.25) is 0 Å². The van der Waals surface area contributed by atoms with Crippen LogP contribution in [0.4, 0.5) is 21.7 Å². The van der Waals surface area contributed by atoms with Crippen LogP contribution >= 0.6 is 0 Å². The summed E-state index contributed by atoms with van der Waals surface area (Å²) < 4.78 is 43.4. The Kier molecular flexibility index (Phi) is 7.48. The van der Waals surface area contributed by atoms with Crippen molar-refractivity contribution < 1.29 is 12.8 Å². The Labute approximate surface area is 238 Å². The molecule has 0 atom stereocenters. The molecule has 2 aromatic carbocycles. The molecule has 214 valence electrons. The van der Waals surface area contributed by atoms with E-state index in [0.29, 0.717) is 18.2 Å². The highest BCUT2D eigenvalue weighted by Crippen LogP contribution is 2.32. The molecule has 2 aromatic heterocycles. The molecule has 3 heterocycles. The molecule has 0 spiro atoms. The molecule has 1 aliphatic carbocycles. The summed E-state index contributed by atoms with van der Waals surface area (Å²) in [5.41, 5.74) is 1.78. The highest BCUT2D eigenvalue weighted by atomic mass is 32.2. The summed E-state index contributed by atoms with van der Waals surface area (Å²) in [6, 6.07) is 15.1. The van der Waals surface area contributed by atoms with Crippen molar-refractivity contribution in [3.05, 3.63) is 82.5 Å². The van der Waals surface area contributed by atoms with E-state index < -0.39 is 26.5 Å². The molecule has 0 unspecified atom stereocenters. The van der Waals surface area contributed by atoms with Crippen LogP contribution in [0.25, 0.3) is 11.0 Å². The minimum Gasteiger partial charge on any atom is -0.369 e. The Morgan fingerprint density at radius 1 is 0.976 bits per heavy atom. The number of halogens is 1. The number of sulfone groups is 1. The Morgan fingerprint density at radius 2 is 1.71 bits per heavy atom. The zero-order valence-corrected chi connectivity index (χ0v) is 23.8. The van der Waals surface area contributed by atoms with E-state index in [0.717, 1.165) is 50.4 Å². The predicted octanol–water partition coefficient (Wildman–Crippen LogP) is 4.19. The molecule has 1 N–H and O–H groups in total. The highest BCUT2D eigenvalue weighted by Gasteiger charge is 2.33. The largest absolute Gasteiger partial charge is 0.369 e. The number of hydrogen-bond donors (Lipinski definition) is 1. The first-order chi connectivity index (χ1) is 19.8. The van der Waals surface area contributed by atoms with E-state index in [1.165, 1.54) is 28.8 Å². The predicted molar refractivity (Wildman–Crippen MR) is 158 cm³/mol. The molecule has 1 saturated carbocycles. The van der Waals surface area contributed by atoms with Crippen LogP contribution in [0.3, 0.4) is 0 Å². The van der Waals surface area contributed by atoms with Crippen molar-refractivity contribution in [2.24, 2.45) is 0 Å². The van der Waals surface area contributed by atoms with E-state index in [9.17, 15) is 13.2 Å². The van der Waals surface area contributed by atoms with Crippen LogP contribution in [0.1, 0.15) is 31.2 Å². The first-order valence-corrected chi connectivity index (χ1v) is 15.5. The van der Waals surface area contributed by atoms with Crippen LogP contribution in [0.5, 0.6) is 0 Å². The number of piperazine rings is 1. The van der Waals surface area contributed by atoms with E-state index >= 15 is 4.39 Å². The van der Waals surface area contributed by atoms with Crippen molar-refractivity contribution >= 4 is 38.2 Å². The Morgan fingerprint density at radius 3 is 2.44 bits per heavy atom. The molecular weight excluding hydrogens is 543 g/mol. The summed E-state index contributed by atoms with van der Waals surface area (Å²) in [7, 11) is -1.62. The van der Waals surface area contributed by atoms with Gasteiger partial charge in [-0.25, -0.2) is 17.8 Å². The molecule has 1 saturated heterocycles. The van der Waals surface area contributed by atoms with E-state index in [1.807, 2.05) is 12.1 Å². The second kappa shape index (κ2) is 11.2. The van der Waals surface area contributed by atoms with Gasteiger partial charge in [0.15, 0.2) is 9.84 Å². The summed E-state index contributed by atoms with van der Waals surface area (Å²) in [5.74, 6) is -0.391. The quantitative estimate of drug-likeness (QED) is 0.350. The van der Waals surface area contributed by atoms with Crippen molar-refractivity contribution in [3.63, 3.8) is 0 Å². The van der Waals surface area contributed by atoms with Gasteiger partial charge in [0.25, 0.3) is 5.56 Å². The third kappa shape index (κ3) is 5.56. The monoisotopic (exact) mass is 576 g/mol. The van der Waals surface area contributed by atoms with E-state index in [4.69, 9.17) is 0 Å². The second-order valence-electron chi connectivity index (χ2n) is 10.9. The van der Waals surface area contributed by atoms with Gasteiger partial charge in [0.2, 0.25) is 5.95 Å². The maximum Gasteiger partial charge on any atom is 0.252 e. The summed E-state index contributed by atoms with van der Waals surface area (Å²) in [6.45, 7) is 3.72. The number of hydrogen-bond acceptors (Lipinski definition) is 8. The Bertz CT molecular complexity index is 1730. The van der Waals surface area contributed by atoms with Crippen molar-refractivity contribution in [1.82, 2.24) is 19.4 Å². The molecule has 1 aliphatic heterocycles. The summed E-state index contributed by atoms with van der Waals surface area (Å²) in [5, 5.41) is 3.24. The zero-order valence-electron chi connectivity index (χ0n) is 23.0. The van der Waals surface area contributed by atoms with E-state index in [2.05, 4.69) is 44.3 Å². The van der Waals surface area contributed by atoms with Crippen LogP contribution in [-0.4, -0.2) is 66.3 Å². The van der Waals surface area contributed by atoms with Crippen molar-refractivity contribution in [1.29, 1.82) is 0 Å². The van der Waals surface area contributed by atoms with E-state index in [-0.39, 0.29) is 28.6 Å². The topological polar surface area (TPSA) is 100 Å². The van der Waals surface area contributed by atoms with Gasteiger partial charge in [0.1, 0.15) is 11.5 Å². The second-order valence-corrected chi connectivity index (χ2v) is 13.1. The summed E-state index contributed by atoms with van der Waals surface area (Å²) >= 11 is 0. The first kappa shape index (κ1) is 27.3. The molecule has 41 heavy (non-hydrogen) atoms. The minimum absolute atomic E-state index is 0.0263. The standard InChI is InChI=1S/C30H33FN6O3S/c1-35-15-17-36(18-16-35)23-12-10-22(11-13-23)33-30-32-19-21-9-14-28(38)37(29(21)34-30)20-25-26(31)7-4-8-27(25)41(39,40)24-5-2-3-6-24/h4,7-14,19,24H,2-3,5-6,15-18,20H2,1H3,(H,32,33,34). The van der Waals surface area contributed by atoms with E-state index in [1.54, 1.807) is 12.3 Å². The van der Waals surface area contributed by atoms with Crippen LogP contribution in [0, 0.1) is 5.82 Å². The number of likely N-dealkylation sites (N-methyl/N-ethyl adjacent to an activating group) is 1. The minimum atomic E-state index is -3.75. The number of pyridine rings is 1. The maximum atomic E-state index is 15.2. The third-order valence-electron chi connectivity index (χ3n) is 8.15. The lowest BCUT2D eigenvalue weighted by Crippen LogP contribution is -2.44. The lowest BCUT2D eigenvalue weighted by Gasteiger charge is -2.34. The number of fused-ring (bicyclic) bond motifs is 1. The summed E-state index contributed by atoms with van der Waals surface area (Å²) in [6.07, 6.45) is 4.39. The Balaban J connectivity index is 1.31. The molecule has 11 heteroatoms. The molecule has 2 fully saturated rings. The molecule has 0 radical (unpaired) electrons. The number of anilines is 3. The van der Waals surface area contributed by atoms with Crippen LogP contribution < -0.4 is 15.8 Å². The van der Waals surface area contributed by atoms with Crippen molar-refractivity contribution in [2.75, 3.05) is 43.4 Å². The Hall–Kier alpha value is -3.83. The van der Waals surface area contributed by atoms with Crippen LogP contribution in [-0.2, 0) is 16.4 Å². The molecule has 0 amide bonds. The number of rotatable bonds is 7. The van der Waals surface area contributed by atoms with Crippen molar-refractivity contribution in [3.8, 4) is 0 Å². The van der Waals surface area contributed by atoms with Gasteiger partial charge in [-0.05, 0) is 62.4 Å². The average molecular weight is 577 g/mol. The number of nitrogens with one attached hydrogen (secondary N) is 1. The lowest BCUT2D eigenvalue weighted by molar-refractivity contribution is 0.313. The van der Waals surface area contributed by atoms with Gasteiger partial charge in [0, 0.05) is 60.8 Å². The fraction of sp³-hybridized carbons (Fsp3) is 0.367. The normalized spacial score (nSPS) is 16.9. The fourth-order valence-corrected chi connectivity index (χ4v) is 7.82. The van der Waals surface area contributed by atoms with Gasteiger partial charge < -0.3 is 15.1 Å². The number of benzene rings is 2. The molecule has 4 aromatic rings. The van der Waals surface area contributed by atoms with Gasteiger partial charge in [-0.2, -0.15) is 4.98 Å². The molecule has 2 aliphatic rings. The van der Waals surface area contributed by atoms with Crippen LogP contribution in [0.15, 0.2) is 70.5 Å². The first-order valence-electron chi connectivity index (χ1n) is 14.0. The average Bonchev–Trinajstić information content (AvgIpc) is 3.53. The molecule has 6 rings (SSSR count). The van der Waals surface area contributed by atoms with Gasteiger partial charge in [0.05, 0.1) is 16.7 Å². The SMILES string of the molecule is CN1CCN(c2ccc(Nc3ncc4ccc(=O)n(Cc5c(F)cccc5S(=O)(=O)C5CCCC5)c4n3)cc2)CC1. The molecule has 0 bridgehead atoms. The van der Waals surface area contributed by atoms with Gasteiger partial charge in [-0.15, -0.1) is 0 Å². The van der Waals surface area contributed by atoms with Gasteiger partial charge >= 0.3 is 0 Å². The summed E-state index contributed by atoms with van der Waals surface area (Å²) in [4.78, 5) is 26.7. The lowest BCUT2D eigenvalue weighted by atomic mass is 10.2. The van der Waals surface area contributed by atoms with Gasteiger partial charge in [-0.3, -0.25) is 9.36 Å². The van der Waals surface area contributed by atoms with Gasteiger partial charge in [-0.1, -0.05) is 18.9 Å². The smallest absolute Gasteiger partial charge is 0.252 e. The third-order valence-corrected chi connectivity index (χ3v) is 10.5. The molecular formula is C30H33FN6O3S.